The summed E-state index contributed by atoms with van der Waals surface area (Å²) in [5, 5.41) is 0. The van der Waals surface area contributed by atoms with Crippen molar-refractivity contribution in [2.45, 2.75) is 0 Å². The molecule has 0 bridgehead atoms. The second-order valence-corrected chi connectivity index (χ2v) is 0.894. The van der Waals surface area contributed by atoms with Crippen LogP contribution in [0.25, 0.3) is 0 Å². The van der Waals surface area contributed by atoms with Crippen molar-refractivity contribution in [3.63, 3.8) is 0 Å². The molecule has 0 aromatic carbocycles. The summed E-state index contributed by atoms with van der Waals surface area (Å²) in [5.74, 6) is 0. The second-order valence-electron chi connectivity index (χ2n) is 0.894. The average molecular weight is 82.1 g/mol. The molecule has 0 fully saturated rings. The van der Waals surface area contributed by atoms with Crippen molar-refractivity contribution in [2.24, 2.45) is 0 Å². The summed E-state index contributed by atoms with van der Waals surface area (Å²) in [6.45, 7) is 0. The lowest BCUT2D eigenvalue weighted by Gasteiger charge is -1.70. The molecule has 0 atom stereocenters. The minimum absolute atomic E-state index is 0. The molecular formula is C4H6N2. The Hall–Kier alpha value is -0.920. The highest BCUT2D eigenvalue weighted by molar-refractivity contribution is 4.70. The highest BCUT2D eigenvalue weighted by Gasteiger charge is 1.59. The van der Waals surface area contributed by atoms with Crippen LogP contribution in [0.4, 0.5) is 0 Å². The van der Waals surface area contributed by atoms with Gasteiger partial charge in [-0.2, -0.15) is 0 Å². The molecule has 0 aliphatic heterocycles. The monoisotopic (exact) mass is 82.1 g/mol. The zero-order chi connectivity index (χ0) is 4.24. The Balaban J connectivity index is 0.000000360. The summed E-state index contributed by atoms with van der Waals surface area (Å²) < 4.78 is 0. The van der Waals surface area contributed by atoms with Gasteiger partial charge >= 0.3 is 0 Å². The molecule has 0 aliphatic carbocycles. The summed E-state index contributed by atoms with van der Waals surface area (Å²) >= 11 is 0. The minimum atomic E-state index is 0. The molecular weight excluding hydrogens is 76.1 g/mol. The van der Waals surface area contributed by atoms with Gasteiger partial charge in [-0.05, 0) is 0 Å². The first-order valence-corrected chi connectivity index (χ1v) is 1.70. The van der Waals surface area contributed by atoms with Gasteiger partial charge in [0.05, 0.1) is 0 Å². The van der Waals surface area contributed by atoms with Gasteiger partial charge in [-0.3, -0.25) is 9.97 Å². The third kappa shape index (κ3) is 0.516. The van der Waals surface area contributed by atoms with Crippen LogP contribution >= 0.6 is 0 Å². The van der Waals surface area contributed by atoms with Crippen LogP contribution in [0.15, 0.2) is 24.8 Å². The molecule has 0 N–H and O–H groups in total. The molecule has 1 heterocycles. The highest BCUT2D eigenvalue weighted by Crippen LogP contribution is 1.65. The predicted octanol–water partition coefficient (Wildman–Crippen LogP) is 0.723. The van der Waals surface area contributed by atoms with Crippen LogP contribution in [-0.4, -0.2) is 9.97 Å². The Morgan fingerprint density at radius 2 is 1.17 bits per heavy atom. The quantitative estimate of drug-likeness (QED) is 0.461. The molecule has 1 aromatic rings. The first-order chi connectivity index (χ1) is 3.00. The molecule has 0 spiro atoms. The molecule has 2 nitrogen and oxygen atoms in total. The van der Waals surface area contributed by atoms with Gasteiger partial charge < -0.3 is 0 Å². The first kappa shape index (κ1) is 3.28. The molecule has 1 aromatic heterocycles. The Bertz CT molecular complexity index is 81.6. The molecule has 6 heavy (non-hydrogen) atoms. The predicted molar refractivity (Wildman–Crippen MR) is 24.1 cm³/mol. The van der Waals surface area contributed by atoms with Crippen LogP contribution in [0.2, 0.25) is 0 Å². The standard InChI is InChI=1S/C4H4N2.H2/c1-2-6-4-3-5-1;/h1-4H;1H. The van der Waals surface area contributed by atoms with E-state index in [0.29, 0.717) is 0 Å². The van der Waals surface area contributed by atoms with Crippen LogP contribution in [0.1, 0.15) is 1.43 Å². The van der Waals surface area contributed by atoms with Gasteiger partial charge in [0.25, 0.3) is 0 Å². The van der Waals surface area contributed by atoms with E-state index in [1.165, 1.54) is 0 Å². The molecule has 0 saturated carbocycles. The third-order valence-corrected chi connectivity index (χ3v) is 0.478. The van der Waals surface area contributed by atoms with E-state index in [1.54, 1.807) is 24.8 Å². The van der Waals surface area contributed by atoms with Crippen LogP contribution < -0.4 is 0 Å². The molecule has 32 valence electrons. The van der Waals surface area contributed by atoms with Gasteiger partial charge in [-0.15, -0.1) is 0 Å². The van der Waals surface area contributed by atoms with Gasteiger partial charge in [-0.25, -0.2) is 0 Å². The Labute approximate surface area is 37.4 Å². The van der Waals surface area contributed by atoms with E-state index in [2.05, 4.69) is 9.97 Å². The van der Waals surface area contributed by atoms with Crippen molar-refractivity contribution in [3.8, 4) is 0 Å². The second kappa shape index (κ2) is 1.50. The third-order valence-electron chi connectivity index (χ3n) is 0.478. The van der Waals surface area contributed by atoms with Crippen molar-refractivity contribution in [2.75, 3.05) is 0 Å². The summed E-state index contributed by atoms with van der Waals surface area (Å²) in [5.41, 5.74) is 0. The Morgan fingerprint density at radius 3 is 1.33 bits per heavy atom. The maximum Gasteiger partial charge on any atom is 0.0451 e. The lowest BCUT2D eigenvalue weighted by Crippen LogP contribution is -1.66. The van der Waals surface area contributed by atoms with Crippen LogP contribution in [0, 0.1) is 0 Å². The molecule has 1 rings (SSSR count). The van der Waals surface area contributed by atoms with Gasteiger partial charge in [0, 0.05) is 26.2 Å². The maximum absolute atomic E-state index is 3.72. The van der Waals surface area contributed by atoms with Crippen LogP contribution in [0.5, 0.6) is 0 Å². The van der Waals surface area contributed by atoms with E-state index < -0.39 is 0 Å². The van der Waals surface area contributed by atoms with E-state index >= 15 is 0 Å². The van der Waals surface area contributed by atoms with Gasteiger partial charge in [0.2, 0.25) is 0 Å². The van der Waals surface area contributed by atoms with Gasteiger partial charge in [0.1, 0.15) is 0 Å². The fourth-order valence-electron chi connectivity index (χ4n) is 0.253. The minimum Gasteiger partial charge on any atom is -0.262 e. The van der Waals surface area contributed by atoms with Crippen LogP contribution in [-0.2, 0) is 0 Å². The molecule has 0 radical (unpaired) electrons. The SMILES string of the molecule is [HH].c1cnccn1. The van der Waals surface area contributed by atoms with Crippen molar-refractivity contribution in [3.05, 3.63) is 24.8 Å². The maximum atomic E-state index is 3.72. The van der Waals surface area contributed by atoms with Gasteiger partial charge in [-0.1, -0.05) is 0 Å². The fraction of sp³-hybridized carbons (Fsp3) is 0. The molecule has 0 amide bonds. The van der Waals surface area contributed by atoms with Crippen molar-refractivity contribution >= 4 is 0 Å². The van der Waals surface area contributed by atoms with E-state index in [9.17, 15) is 0 Å². The number of aromatic nitrogens is 2. The van der Waals surface area contributed by atoms with Crippen molar-refractivity contribution in [1.29, 1.82) is 0 Å². The molecule has 2 heteroatoms. The highest BCUT2D eigenvalue weighted by atomic mass is 14.7. The van der Waals surface area contributed by atoms with E-state index in [4.69, 9.17) is 0 Å². The topological polar surface area (TPSA) is 25.8 Å². The van der Waals surface area contributed by atoms with Crippen molar-refractivity contribution in [1.82, 2.24) is 9.97 Å². The van der Waals surface area contributed by atoms with E-state index in [1.807, 2.05) is 0 Å². The fourth-order valence-corrected chi connectivity index (χ4v) is 0.253. The normalized spacial score (nSPS) is 8.00. The van der Waals surface area contributed by atoms with Crippen LogP contribution in [0.3, 0.4) is 0 Å². The van der Waals surface area contributed by atoms with Crippen molar-refractivity contribution < 1.29 is 1.43 Å². The molecule has 0 aliphatic rings. The van der Waals surface area contributed by atoms with E-state index in [0.717, 1.165) is 0 Å². The number of hydrogen-bond donors (Lipinski definition) is 0. The number of rotatable bonds is 0. The lowest BCUT2D eigenvalue weighted by atomic mass is 10.8. The lowest BCUT2D eigenvalue weighted by molar-refractivity contribution is 1.20. The average Bonchev–Trinajstić information content (AvgIpc) is 1.72. The largest absolute Gasteiger partial charge is 0.262 e. The Morgan fingerprint density at radius 1 is 0.833 bits per heavy atom. The summed E-state index contributed by atoms with van der Waals surface area (Å²) in [6.07, 6.45) is 6.56. The van der Waals surface area contributed by atoms with E-state index in [-0.39, 0.29) is 1.43 Å². The molecule has 0 saturated heterocycles. The first-order valence-electron chi connectivity index (χ1n) is 1.70. The zero-order valence-corrected chi connectivity index (χ0v) is 3.20. The Kier molecular flexibility index (Phi) is 0.819. The zero-order valence-electron chi connectivity index (χ0n) is 3.20. The number of hydrogen-bond acceptors (Lipinski definition) is 2. The summed E-state index contributed by atoms with van der Waals surface area (Å²) in [6, 6.07) is 0. The molecule has 0 unspecified atom stereocenters. The summed E-state index contributed by atoms with van der Waals surface area (Å²) in [7, 11) is 0. The smallest absolute Gasteiger partial charge is 0.0451 e. The summed E-state index contributed by atoms with van der Waals surface area (Å²) in [4.78, 5) is 7.44. The van der Waals surface area contributed by atoms with Gasteiger partial charge in [0.15, 0.2) is 0 Å². The number of nitrogens with zero attached hydrogens (tertiary/aromatic N) is 2.